The van der Waals surface area contributed by atoms with Gasteiger partial charge in [-0.2, -0.15) is 20.1 Å². The van der Waals surface area contributed by atoms with Crippen molar-refractivity contribution < 1.29 is 3.79 Å². The van der Waals surface area contributed by atoms with Crippen molar-refractivity contribution in [2.45, 2.75) is 33.1 Å². The molecule has 0 aromatic heterocycles. The highest BCUT2D eigenvalue weighted by Gasteiger charge is 2.15. The Hall–Kier alpha value is 1.07. The second kappa shape index (κ2) is 7.71. The van der Waals surface area contributed by atoms with Crippen molar-refractivity contribution in [3.05, 3.63) is 0 Å². The van der Waals surface area contributed by atoms with Crippen LogP contribution in [-0.4, -0.2) is 19.2 Å². The van der Waals surface area contributed by atoms with Crippen LogP contribution in [0.1, 0.15) is 33.1 Å². The number of rotatable bonds is 6. The van der Waals surface area contributed by atoms with Gasteiger partial charge in [0, 0.05) is 6.61 Å². The first-order valence-corrected chi connectivity index (χ1v) is 8.02. The molecule has 66 valence electrons. The van der Waals surface area contributed by atoms with Gasteiger partial charge in [-0.1, -0.05) is 26.7 Å². The molecule has 1 nitrogen and oxygen atoms in total. The molecule has 0 aliphatic rings. The van der Waals surface area contributed by atoms with Crippen LogP contribution < -0.4 is 0 Å². The molecule has 0 spiro atoms. The van der Waals surface area contributed by atoms with Crippen LogP contribution in [-0.2, 0) is 3.79 Å². The zero-order valence-corrected chi connectivity index (χ0v) is 9.81. The van der Waals surface area contributed by atoms with Gasteiger partial charge in [-0.15, -0.1) is 0 Å². The van der Waals surface area contributed by atoms with Crippen molar-refractivity contribution in [2.75, 3.05) is 6.61 Å². The van der Waals surface area contributed by atoms with Crippen LogP contribution in [0.5, 0.6) is 0 Å². The minimum atomic E-state index is -1.82. The van der Waals surface area contributed by atoms with E-state index in [0.29, 0.717) is 5.92 Å². The van der Waals surface area contributed by atoms with Crippen molar-refractivity contribution in [1.82, 2.24) is 0 Å². The molecule has 4 heteroatoms. The van der Waals surface area contributed by atoms with Gasteiger partial charge in [0.05, 0.1) is 0 Å². The van der Waals surface area contributed by atoms with E-state index >= 15 is 0 Å². The molecule has 0 aliphatic carbocycles. The molecule has 0 bridgehead atoms. The largest absolute Gasteiger partial charge is 0.725 e. The number of halogens is 2. The number of hydrogen-bond donors (Lipinski definition) is 0. The number of hydrogen-bond acceptors (Lipinski definition) is 1. The lowest BCUT2D eigenvalue weighted by Gasteiger charge is -2.10. The van der Waals surface area contributed by atoms with Gasteiger partial charge in [0.2, 0.25) is 0 Å². The molecular formula is C7H15AlCl2O. The lowest BCUT2D eigenvalue weighted by atomic mass is 10.1. The molecule has 0 N–H and O–H groups in total. The SMILES string of the molecule is CCCCC(C)C[O][Al]([Cl])[Cl]. The fourth-order valence-corrected chi connectivity index (χ4v) is 1.78. The average Bonchev–Trinajstić information content (AvgIpc) is 1.97. The van der Waals surface area contributed by atoms with E-state index in [2.05, 4.69) is 13.8 Å². The maximum Gasteiger partial charge on any atom is 0.725 e. The lowest BCUT2D eigenvalue weighted by Crippen LogP contribution is -2.10. The maximum atomic E-state index is 5.54. The van der Waals surface area contributed by atoms with Crippen molar-refractivity contribution in [3.8, 4) is 0 Å². The highest BCUT2D eigenvalue weighted by molar-refractivity contribution is 7.30. The van der Waals surface area contributed by atoms with Crippen LogP contribution in [0.3, 0.4) is 0 Å². The molecule has 0 saturated carbocycles. The van der Waals surface area contributed by atoms with E-state index in [1.54, 1.807) is 0 Å². The van der Waals surface area contributed by atoms with Gasteiger partial charge in [-0.05, 0) is 12.3 Å². The van der Waals surface area contributed by atoms with E-state index in [4.69, 9.17) is 23.9 Å². The highest BCUT2D eigenvalue weighted by atomic mass is 35.7. The Balaban J connectivity index is 3.15. The smallest absolute Gasteiger partial charge is 0.477 e. The zero-order chi connectivity index (χ0) is 8.69. The van der Waals surface area contributed by atoms with Gasteiger partial charge in [0.1, 0.15) is 0 Å². The first-order chi connectivity index (χ1) is 5.16. The summed E-state index contributed by atoms with van der Waals surface area (Å²) in [7, 11) is 11.1. The molecule has 1 atom stereocenters. The van der Waals surface area contributed by atoms with E-state index in [0.717, 1.165) is 6.61 Å². The van der Waals surface area contributed by atoms with E-state index in [-0.39, 0.29) is 0 Å². The Labute approximate surface area is 82.1 Å². The fourth-order valence-electron chi connectivity index (χ4n) is 0.873. The monoisotopic (exact) mass is 212 g/mol. The molecule has 0 aliphatic heterocycles. The van der Waals surface area contributed by atoms with Crippen LogP contribution in [0, 0.1) is 5.92 Å². The second-order valence-electron chi connectivity index (χ2n) is 2.84. The minimum absolute atomic E-state index is 0.599. The molecule has 0 heterocycles. The summed E-state index contributed by atoms with van der Waals surface area (Å²) in [6, 6.07) is 0. The molecule has 0 amide bonds. The average molecular weight is 213 g/mol. The third kappa shape index (κ3) is 8.98. The van der Waals surface area contributed by atoms with Gasteiger partial charge in [-0.25, -0.2) is 0 Å². The third-order valence-electron chi connectivity index (χ3n) is 1.56. The third-order valence-corrected chi connectivity index (χ3v) is 2.76. The minimum Gasteiger partial charge on any atom is -0.477 e. The summed E-state index contributed by atoms with van der Waals surface area (Å²) in [4.78, 5) is 0. The Morgan fingerprint density at radius 1 is 1.45 bits per heavy atom. The molecule has 0 rings (SSSR count). The first-order valence-electron chi connectivity index (χ1n) is 4.06. The van der Waals surface area contributed by atoms with Crippen LogP contribution in [0.2, 0.25) is 0 Å². The molecular weight excluding hydrogens is 198 g/mol. The lowest BCUT2D eigenvalue weighted by molar-refractivity contribution is 0.264. The second-order valence-corrected chi connectivity index (χ2v) is 6.74. The first kappa shape index (κ1) is 12.1. The summed E-state index contributed by atoms with van der Waals surface area (Å²) in [5.41, 5.74) is 0. The quantitative estimate of drug-likeness (QED) is 0.615. The van der Waals surface area contributed by atoms with E-state index in [9.17, 15) is 0 Å². The molecule has 0 fully saturated rings. The van der Waals surface area contributed by atoms with Crippen molar-refractivity contribution in [2.24, 2.45) is 5.92 Å². The molecule has 0 aromatic rings. The predicted octanol–water partition coefficient (Wildman–Crippen LogP) is 3.29. The fraction of sp³-hybridized carbons (Fsp3) is 1.00. The van der Waals surface area contributed by atoms with E-state index in [1.807, 2.05) is 0 Å². The summed E-state index contributed by atoms with van der Waals surface area (Å²) in [5, 5.41) is 0. The molecule has 1 unspecified atom stereocenters. The summed E-state index contributed by atoms with van der Waals surface area (Å²) < 4.78 is 5.17. The summed E-state index contributed by atoms with van der Waals surface area (Å²) in [5.74, 6) is 0.599. The Morgan fingerprint density at radius 2 is 2.09 bits per heavy atom. The Morgan fingerprint density at radius 3 is 2.55 bits per heavy atom. The topological polar surface area (TPSA) is 9.23 Å². The van der Waals surface area contributed by atoms with Gasteiger partial charge in [0.25, 0.3) is 0 Å². The van der Waals surface area contributed by atoms with Crippen molar-refractivity contribution in [3.63, 3.8) is 0 Å². The van der Waals surface area contributed by atoms with Gasteiger partial charge in [-0.3, -0.25) is 0 Å². The van der Waals surface area contributed by atoms with Crippen LogP contribution in [0.15, 0.2) is 0 Å². The molecule has 11 heavy (non-hydrogen) atoms. The zero-order valence-electron chi connectivity index (χ0n) is 7.15. The highest BCUT2D eigenvalue weighted by Crippen LogP contribution is 2.09. The summed E-state index contributed by atoms with van der Waals surface area (Å²) >= 11 is -1.82. The normalized spacial score (nSPS) is 13.1. The van der Waals surface area contributed by atoms with Crippen LogP contribution in [0.4, 0.5) is 0 Å². The predicted molar refractivity (Wildman–Crippen MR) is 52.1 cm³/mol. The summed E-state index contributed by atoms with van der Waals surface area (Å²) in [6.45, 7) is 5.08. The van der Waals surface area contributed by atoms with Gasteiger partial charge < -0.3 is 3.79 Å². The Kier molecular flexibility index (Phi) is 8.46. The van der Waals surface area contributed by atoms with Gasteiger partial charge >= 0.3 is 12.6 Å². The van der Waals surface area contributed by atoms with Crippen molar-refractivity contribution >= 4 is 32.7 Å². The maximum absolute atomic E-state index is 5.54. The van der Waals surface area contributed by atoms with Crippen LogP contribution in [0.25, 0.3) is 0 Å². The molecule has 0 saturated heterocycles. The number of unbranched alkanes of at least 4 members (excludes halogenated alkanes) is 1. The van der Waals surface area contributed by atoms with Gasteiger partial charge in [0.15, 0.2) is 0 Å². The molecule has 0 radical (unpaired) electrons. The van der Waals surface area contributed by atoms with Crippen molar-refractivity contribution in [1.29, 1.82) is 0 Å². The standard InChI is InChI=1S/C7H15O.Al.2ClH/c1-3-4-5-7(2)6-8;;;/h7H,3-6H2,1-2H3;;2*1H/q-1;+3;;/p-2. The van der Waals surface area contributed by atoms with Crippen LogP contribution >= 0.6 is 20.1 Å². The Bertz CT molecular complexity index is 90.5. The van der Waals surface area contributed by atoms with E-state index < -0.39 is 12.6 Å². The van der Waals surface area contributed by atoms with E-state index in [1.165, 1.54) is 19.3 Å². The molecule has 0 aromatic carbocycles. The summed E-state index contributed by atoms with van der Waals surface area (Å²) in [6.07, 6.45) is 3.72.